The molecule has 0 spiro atoms. The van der Waals surface area contributed by atoms with Crippen LogP contribution >= 0.6 is 0 Å². The van der Waals surface area contributed by atoms with Crippen LogP contribution in [0.25, 0.3) is 10.9 Å². The molecule has 0 bridgehead atoms. The van der Waals surface area contributed by atoms with Gasteiger partial charge in [-0.15, -0.1) is 0 Å². The van der Waals surface area contributed by atoms with Gasteiger partial charge in [-0.3, -0.25) is 14.7 Å². The van der Waals surface area contributed by atoms with Crippen molar-refractivity contribution in [2.75, 3.05) is 26.7 Å². The van der Waals surface area contributed by atoms with Gasteiger partial charge in [-0.1, -0.05) is 11.8 Å². The van der Waals surface area contributed by atoms with Crippen molar-refractivity contribution >= 4 is 16.9 Å². The maximum atomic E-state index is 14.8. The third-order valence-electron chi connectivity index (χ3n) is 7.10. The van der Waals surface area contributed by atoms with Crippen molar-refractivity contribution in [2.45, 2.75) is 31.7 Å². The summed E-state index contributed by atoms with van der Waals surface area (Å²) in [6.45, 7) is 1.59. The summed E-state index contributed by atoms with van der Waals surface area (Å²) in [6, 6.07) is 7.79. The second-order valence-corrected chi connectivity index (χ2v) is 9.69. The Balaban J connectivity index is 1.42. The van der Waals surface area contributed by atoms with Crippen molar-refractivity contribution in [3.63, 3.8) is 0 Å². The van der Waals surface area contributed by atoms with E-state index in [9.17, 15) is 23.1 Å². The number of piperidine rings is 1. The second-order valence-electron chi connectivity index (χ2n) is 9.69. The number of fused-ring (bicyclic) bond motifs is 1. The van der Waals surface area contributed by atoms with Crippen molar-refractivity contribution in [1.29, 1.82) is 0 Å². The number of nitrogens with zero attached hydrogens (tertiary/aromatic N) is 2. The third kappa shape index (κ3) is 6.82. The normalized spacial score (nSPS) is 18.6. The van der Waals surface area contributed by atoms with Gasteiger partial charge in [0.1, 0.15) is 23.2 Å². The van der Waals surface area contributed by atoms with Crippen LogP contribution in [0.1, 0.15) is 42.9 Å². The fourth-order valence-electron chi connectivity index (χ4n) is 5.22. The van der Waals surface area contributed by atoms with Crippen molar-refractivity contribution in [1.82, 2.24) is 9.88 Å². The molecule has 1 aliphatic heterocycles. The highest BCUT2D eigenvalue weighted by molar-refractivity contribution is 5.84. The molecule has 4 rings (SSSR count). The summed E-state index contributed by atoms with van der Waals surface area (Å²) >= 11 is 0. The molecule has 1 aliphatic rings. The van der Waals surface area contributed by atoms with E-state index in [-0.39, 0.29) is 23.8 Å². The van der Waals surface area contributed by atoms with Crippen LogP contribution in [-0.4, -0.2) is 47.7 Å². The predicted octanol–water partition coefficient (Wildman–Crippen LogP) is 4.91. The molecule has 0 aliphatic carbocycles. The number of benzene rings is 2. The quantitative estimate of drug-likeness (QED) is 0.407. The average Bonchev–Trinajstić information content (AvgIpc) is 2.86. The number of carboxylic acid groups (broad SMARTS) is 1. The Hall–Kier alpha value is -3.61. The first-order valence-corrected chi connectivity index (χ1v) is 12.5. The lowest BCUT2D eigenvalue weighted by molar-refractivity contribution is -0.139. The number of nitrogens with two attached hydrogens (primary N) is 1. The van der Waals surface area contributed by atoms with Gasteiger partial charge in [0.2, 0.25) is 0 Å². The Labute approximate surface area is 219 Å². The molecule has 3 N–H and O–H groups in total. The summed E-state index contributed by atoms with van der Waals surface area (Å²) < 4.78 is 46.9. The summed E-state index contributed by atoms with van der Waals surface area (Å²) in [5.74, 6) is 3.53. The van der Waals surface area contributed by atoms with Crippen LogP contribution in [0.2, 0.25) is 0 Å². The lowest BCUT2D eigenvalue weighted by Crippen LogP contribution is -2.41. The molecule has 2 heterocycles. The number of ether oxygens (including phenoxy) is 1. The van der Waals surface area contributed by atoms with Gasteiger partial charge in [0.25, 0.3) is 0 Å². The zero-order chi connectivity index (χ0) is 27.2. The number of likely N-dealkylation sites (tertiary alicyclic amines) is 1. The number of methoxy groups -OCH3 is 1. The van der Waals surface area contributed by atoms with Gasteiger partial charge in [0.05, 0.1) is 25.4 Å². The molecule has 3 aromatic rings. The summed E-state index contributed by atoms with van der Waals surface area (Å²) in [5, 5.41) is 10.1. The number of hydrogen-bond acceptors (Lipinski definition) is 5. The fourth-order valence-corrected chi connectivity index (χ4v) is 5.22. The molecule has 38 heavy (non-hydrogen) atoms. The molecule has 1 aromatic heterocycles. The lowest BCUT2D eigenvalue weighted by Gasteiger charge is -2.37. The number of aliphatic carboxylic acids is 1. The molecule has 6 nitrogen and oxygen atoms in total. The molecule has 0 amide bonds. The molecule has 0 radical (unpaired) electrons. The number of pyridine rings is 1. The average molecular weight is 526 g/mol. The monoisotopic (exact) mass is 525 g/mol. The minimum Gasteiger partial charge on any atom is -0.497 e. The van der Waals surface area contributed by atoms with Crippen LogP contribution in [-0.2, 0) is 4.79 Å². The van der Waals surface area contributed by atoms with Crippen molar-refractivity contribution < 1.29 is 27.8 Å². The molecule has 0 saturated carbocycles. The van der Waals surface area contributed by atoms with Crippen LogP contribution in [0.5, 0.6) is 5.75 Å². The fraction of sp³-hybridized carbons (Fsp3) is 0.379. The van der Waals surface area contributed by atoms with Gasteiger partial charge >= 0.3 is 5.97 Å². The Bertz CT molecular complexity index is 1350. The van der Waals surface area contributed by atoms with E-state index in [2.05, 4.69) is 21.7 Å². The number of hydrogen-bond donors (Lipinski definition) is 2. The maximum Gasteiger partial charge on any atom is 0.303 e. The zero-order valence-corrected chi connectivity index (χ0v) is 21.1. The summed E-state index contributed by atoms with van der Waals surface area (Å²) in [4.78, 5) is 17.8. The molecule has 2 aromatic carbocycles. The molecule has 3 atom stereocenters. The molecule has 200 valence electrons. The van der Waals surface area contributed by atoms with Crippen LogP contribution in [0.3, 0.4) is 0 Å². The molecule has 1 fully saturated rings. The first-order chi connectivity index (χ1) is 18.2. The van der Waals surface area contributed by atoms with Gasteiger partial charge in [-0.25, -0.2) is 13.2 Å². The Morgan fingerprint density at radius 1 is 1.21 bits per heavy atom. The van der Waals surface area contributed by atoms with E-state index in [0.29, 0.717) is 54.7 Å². The van der Waals surface area contributed by atoms with Crippen molar-refractivity contribution in [3.8, 4) is 17.6 Å². The van der Waals surface area contributed by atoms with Gasteiger partial charge in [0.15, 0.2) is 0 Å². The largest absolute Gasteiger partial charge is 0.497 e. The SMILES string of the molecule is COc1ccc2ncc(F)c([C@H](N)CCC3CCN(CC#Cc4cc(F)cc(F)c4)CC3CC(=O)O)c2c1. The van der Waals surface area contributed by atoms with E-state index in [4.69, 9.17) is 10.5 Å². The highest BCUT2D eigenvalue weighted by Gasteiger charge is 2.31. The van der Waals surface area contributed by atoms with E-state index in [1.54, 1.807) is 18.2 Å². The summed E-state index contributed by atoms with van der Waals surface area (Å²) in [6.07, 6.45) is 3.05. The second kappa shape index (κ2) is 12.3. The van der Waals surface area contributed by atoms with Crippen LogP contribution in [0.15, 0.2) is 42.6 Å². The van der Waals surface area contributed by atoms with Gasteiger partial charge in [-0.2, -0.15) is 0 Å². The Kier molecular flexibility index (Phi) is 8.87. The minimum atomic E-state index is -0.884. The number of aromatic nitrogens is 1. The topological polar surface area (TPSA) is 88.7 Å². The van der Waals surface area contributed by atoms with Crippen molar-refractivity contribution in [2.24, 2.45) is 17.6 Å². The van der Waals surface area contributed by atoms with E-state index in [1.165, 1.54) is 25.4 Å². The smallest absolute Gasteiger partial charge is 0.303 e. The standard InChI is InChI=1S/C29H30F3N3O3/c1-38-23-5-7-27-24(15-23)29(25(32)16-34-27)26(33)6-4-19-8-10-35(17-20(19)13-28(36)37)9-2-3-18-11-21(30)14-22(31)12-18/h5,7,11-12,14-16,19-20,26H,4,6,8-10,13,17,33H2,1H3,(H,36,37)/t19?,20?,26-/m1/s1. The molecule has 2 unspecified atom stereocenters. The van der Waals surface area contributed by atoms with E-state index < -0.39 is 29.5 Å². The third-order valence-corrected chi connectivity index (χ3v) is 7.10. The summed E-state index contributed by atoms with van der Waals surface area (Å²) in [7, 11) is 1.54. The molecule has 9 heteroatoms. The Morgan fingerprint density at radius 2 is 1.97 bits per heavy atom. The first-order valence-electron chi connectivity index (χ1n) is 12.5. The van der Waals surface area contributed by atoms with Gasteiger partial charge in [-0.05, 0) is 68.0 Å². The number of rotatable bonds is 8. The Morgan fingerprint density at radius 3 is 2.68 bits per heavy atom. The first kappa shape index (κ1) is 27.4. The minimum absolute atomic E-state index is 0.00267. The lowest BCUT2D eigenvalue weighted by atomic mass is 9.79. The zero-order valence-electron chi connectivity index (χ0n) is 21.1. The van der Waals surface area contributed by atoms with Crippen LogP contribution in [0, 0.1) is 41.1 Å². The van der Waals surface area contributed by atoms with Crippen LogP contribution in [0.4, 0.5) is 13.2 Å². The predicted molar refractivity (Wildman–Crippen MR) is 138 cm³/mol. The van der Waals surface area contributed by atoms with Gasteiger partial charge in [0, 0.05) is 41.6 Å². The van der Waals surface area contributed by atoms with E-state index in [0.717, 1.165) is 12.5 Å². The molecular formula is C29H30F3N3O3. The number of carboxylic acids is 1. The van der Waals surface area contributed by atoms with Gasteiger partial charge < -0.3 is 15.6 Å². The highest BCUT2D eigenvalue weighted by atomic mass is 19.1. The molecular weight excluding hydrogens is 495 g/mol. The maximum absolute atomic E-state index is 14.8. The van der Waals surface area contributed by atoms with E-state index >= 15 is 0 Å². The van der Waals surface area contributed by atoms with Crippen LogP contribution < -0.4 is 10.5 Å². The highest BCUT2D eigenvalue weighted by Crippen LogP contribution is 2.35. The number of carbonyl (C=O) groups is 1. The molecule has 1 saturated heterocycles. The number of halogens is 3. The summed E-state index contributed by atoms with van der Waals surface area (Å²) in [5.41, 5.74) is 7.73. The van der Waals surface area contributed by atoms with Crippen molar-refractivity contribution in [3.05, 3.63) is 71.2 Å². The van der Waals surface area contributed by atoms with E-state index in [1.807, 2.05) is 0 Å².